The van der Waals surface area contributed by atoms with E-state index in [1.54, 1.807) is 24.4 Å². The molecule has 19 heavy (non-hydrogen) atoms. The van der Waals surface area contributed by atoms with Gasteiger partial charge in [0, 0.05) is 10.6 Å². The number of carboxylic acid groups (broad SMARTS) is 1. The number of carbonyl (C=O) groups is 1. The molecule has 0 amide bonds. The third-order valence-electron chi connectivity index (χ3n) is 2.23. The van der Waals surface area contributed by atoms with E-state index in [0.29, 0.717) is 10.9 Å². The van der Waals surface area contributed by atoms with Gasteiger partial charge in [-0.3, -0.25) is 4.98 Å². The van der Waals surface area contributed by atoms with E-state index in [1.807, 2.05) is 0 Å². The second kappa shape index (κ2) is 6.23. The quantitative estimate of drug-likeness (QED) is 0.870. The van der Waals surface area contributed by atoms with Crippen LogP contribution in [-0.2, 0) is 5.75 Å². The van der Waals surface area contributed by atoms with Crippen LogP contribution in [0.2, 0.25) is 10.2 Å². The molecule has 1 heterocycles. The first-order valence-corrected chi connectivity index (χ1v) is 6.92. The van der Waals surface area contributed by atoms with Gasteiger partial charge >= 0.3 is 5.97 Å². The van der Waals surface area contributed by atoms with E-state index >= 15 is 0 Å². The van der Waals surface area contributed by atoms with Gasteiger partial charge in [0.25, 0.3) is 0 Å². The van der Waals surface area contributed by atoms with Gasteiger partial charge in [-0.15, -0.1) is 11.8 Å². The molecular formula is C12H8Cl2N2O2S. The molecule has 2 rings (SSSR count). The minimum absolute atomic E-state index is 0.0915. The zero-order valence-corrected chi connectivity index (χ0v) is 11.8. The lowest BCUT2D eigenvalue weighted by Crippen LogP contribution is -1.97. The van der Waals surface area contributed by atoms with E-state index in [4.69, 9.17) is 28.3 Å². The standard InChI is InChI=1S/C12H8Cl2N2O2S/c13-10-2-1-8(3-9(10)12(17)18)19-6-7-4-16-11(14)5-15-7/h1-5H,6H2,(H,17,18). The molecule has 2 aromatic rings. The van der Waals surface area contributed by atoms with Crippen molar-refractivity contribution in [1.29, 1.82) is 0 Å². The van der Waals surface area contributed by atoms with Crippen LogP contribution in [0.15, 0.2) is 35.5 Å². The van der Waals surface area contributed by atoms with E-state index in [1.165, 1.54) is 18.0 Å². The van der Waals surface area contributed by atoms with Crippen LogP contribution in [0, 0.1) is 0 Å². The van der Waals surface area contributed by atoms with E-state index in [-0.39, 0.29) is 10.6 Å². The monoisotopic (exact) mass is 314 g/mol. The van der Waals surface area contributed by atoms with Gasteiger partial charge in [0.1, 0.15) is 5.15 Å². The number of halogens is 2. The molecule has 0 spiro atoms. The fourth-order valence-corrected chi connectivity index (χ4v) is 2.45. The summed E-state index contributed by atoms with van der Waals surface area (Å²) in [5.41, 5.74) is 0.857. The molecule has 0 atom stereocenters. The van der Waals surface area contributed by atoms with E-state index < -0.39 is 5.97 Å². The second-order valence-corrected chi connectivity index (χ2v) is 5.41. The van der Waals surface area contributed by atoms with Gasteiger partial charge in [-0.25, -0.2) is 9.78 Å². The largest absolute Gasteiger partial charge is 0.478 e. The minimum atomic E-state index is -1.04. The molecule has 98 valence electrons. The topological polar surface area (TPSA) is 63.1 Å². The van der Waals surface area contributed by atoms with Crippen LogP contribution in [0.3, 0.4) is 0 Å². The van der Waals surface area contributed by atoms with Gasteiger partial charge < -0.3 is 5.11 Å². The molecule has 0 saturated heterocycles. The predicted molar refractivity (Wildman–Crippen MR) is 75.0 cm³/mol. The Kier molecular flexibility index (Phi) is 4.63. The van der Waals surface area contributed by atoms with Crippen LogP contribution in [-0.4, -0.2) is 21.0 Å². The third-order valence-corrected chi connectivity index (χ3v) is 3.78. The molecule has 0 bridgehead atoms. The van der Waals surface area contributed by atoms with Crippen molar-refractivity contribution in [1.82, 2.24) is 9.97 Å². The molecule has 0 fully saturated rings. The highest BCUT2D eigenvalue weighted by atomic mass is 35.5. The molecule has 0 aliphatic rings. The summed E-state index contributed by atoms with van der Waals surface area (Å²) in [5, 5.41) is 9.54. The lowest BCUT2D eigenvalue weighted by molar-refractivity contribution is 0.0697. The number of thioether (sulfide) groups is 1. The highest BCUT2D eigenvalue weighted by Gasteiger charge is 2.09. The van der Waals surface area contributed by atoms with Crippen LogP contribution < -0.4 is 0 Å². The fourth-order valence-electron chi connectivity index (χ4n) is 1.33. The Morgan fingerprint density at radius 3 is 2.68 bits per heavy atom. The van der Waals surface area contributed by atoms with Crippen LogP contribution in [0.1, 0.15) is 16.1 Å². The maximum Gasteiger partial charge on any atom is 0.337 e. The van der Waals surface area contributed by atoms with Crippen molar-refractivity contribution in [3.8, 4) is 0 Å². The Labute approximate surface area is 123 Å². The first-order valence-electron chi connectivity index (χ1n) is 5.18. The number of benzene rings is 1. The molecule has 0 radical (unpaired) electrons. The summed E-state index contributed by atoms with van der Waals surface area (Å²) in [6.07, 6.45) is 3.06. The zero-order valence-electron chi connectivity index (χ0n) is 9.51. The number of aromatic carboxylic acids is 1. The van der Waals surface area contributed by atoms with Crippen molar-refractivity contribution >= 4 is 40.9 Å². The normalized spacial score (nSPS) is 10.4. The van der Waals surface area contributed by atoms with Gasteiger partial charge in [-0.05, 0) is 18.2 Å². The van der Waals surface area contributed by atoms with Crippen molar-refractivity contribution in [2.45, 2.75) is 10.6 Å². The van der Waals surface area contributed by atoms with Gasteiger partial charge in [0.15, 0.2) is 0 Å². The number of nitrogens with zero attached hydrogens (tertiary/aromatic N) is 2. The maximum absolute atomic E-state index is 11.0. The molecule has 7 heteroatoms. The predicted octanol–water partition coefficient (Wildman–Crippen LogP) is 3.77. The number of carboxylic acids is 1. The van der Waals surface area contributed by atoms with Crippen molar-refractivity contribution in [2.75, 3.05) is 0 Å². The average Bonchev–Trinajstić information content (AvgIpc) is 2.39. The number of hydrogen-bond acceptors (Lipinski definition) is 4. The van der Waals surface area contributed by atoms with Crippen LogP contribution in [0.4, 0.5) is 0 Å². The smallest absolute Gasteiger partial charge is 0.337 e. The summed E-state index contributed by atoms with van der Waals surface area (Å²) in [7, 11) is 0. The summed E-state index contributed by atoms with van der Waals surface area (Å²) in [5.74, 6) is -0.469. The highest BCUT2D eigenvalue weighted by molar-refractivity contribution is 7.98. The molecule has 0 aliphatic heterocycles. The molecule has 0 saturated carbocycles. The van der Waals surface area contributed by atoms with Crippen molar-refractivity contribution in [3.05, 3.63) is 52.0 Å². The summed E-state index contributed by atoms with van der Waals surface area (Å²) < 4.78 is 0. The summed E-state index contributed by atoms with van der Waals surface area (Å²) >= 11 is 12.9. The van der Waals surface area contributed by atoms with Crippen LogP contribution in [0.5, 0.6) is 0 Å². The van der Waals surface area contributed by atoms with Crippen molar-refractivity contribution in [3.63, 3.8) is 0 Å². The second-order valence-electron chi connectivity index (χ2n) is 3.57. The average molecular weight is 315 g/mol. The lowest BCUT2D eigenvalue weighted by Gasteiger charge is -2.04. The summed E-state index contributed by atoms with van der Waals surface area (Å²) in [6, 6.07) is 4.88. The Hall–Kier alpha value is -1.30. The van der Waals surface area contributed by atoms with Gasteiger partial charge in [0.05, 0.1) is 28.7 Å². The molecule has 0 unspecified atom stereocenters. The van der Waals surface area contributed by atoms with E-state index in [9.17, 15) is 4.79 Å². The SMILES string of the molecule is O=C(O)c1cc(SCc2cnc(Cl)cn2)ccc1Cl. The van der Waals surface area contributed by atoms with Gasteiger partial charge in [-0.1, -0.05) is 23.2 Å². The zero-order chi connectivity index (χ0) is 13.8. The molecule has 4 nitrogen and oxygen atoms in total. The van der Waals surface area contributed by atoms with Gasteiger partial charge in [-0.2, -0.15) is 0 Å². The molecular weight excluding hydrogens is 307 g/mol. The lowest BCUT2D eigenvalue weighted by atomic mass is 10.2. The molecule has 0 aliphatic carbocycles. The van der Waals surface area contributed by atoms with Crippen molar-refractivity contribution in [2.24, 2.45) is 0 Å². The molecule has 1 N–H and O–H groups in total. The fraction of sp³-hybridized carbons (Fsp3) is 0.0833. The first kappa shape index (κ1) is 14.1. The Morgan fingerprint density at radius 2 is 2.05 bits per heavy atom. The van der Waals surface area contributed by atoms with Crippen LogP contribution >= 0.6 is 35.0 Å². The maximum atomic E-state index is 11.0. The number of hydrogen-bond donors (Lipinski definition) is 1. The highest BCUT2D eigenvalue weighted by Crippen LogP contribution is 2.26. The number of rotatable bonds is 4. The Morgan fingerprint density at radius 1 is 1.26 bits per heavy atom. The first-order chi connectivity index (χ1) is 9.06. The third kappa shape index (κ3) is 3.83. The number of aromatic nitrogens is 2. The summed E-state index contributed by atoms with van der Waals surface area (Å²) in [6.45, 7) is 0. The van der Waals surface area contributed by atoms with Gasteiger partial charge in [0.2, 0.25) is 0 Å². The Balaban J connectivity index is 2.09. The van der Waals surface area contributed by atoms with Crippen LogP contribution in [0.25, 0.3) is 0 Å². The van der Waals surface area contributed by atoms with E-state index in [2.05, 4.69) is 9.97 Å². The Bertz CT molecular complexity index is 605. The molecule has 1 aromatic heterocycles. The van der Waals surface area contributed by atoms with E-state index in [0.717, 1.165) is 10.6 Å². The molecule has 1 aromatic carbocycles. The minimum Gasteiger partial charge on any atom is -0.478 e. The van der Waals surface area contributed by atoms with Crippen molar-refractivity contribution < 1.29 is 9.90 Å². The summed E-state index contributed by atoms with van der Waals surface area (Å²) in [4.78, 5) is 19.8.